The molecule has 0 aromatic carbocycles. The van der Waals surface area contributed by atoms with E-state index in [1.54, 1.807) is 11.3 Å². The van der Waals surface area contributed by atoms with Gasteiger partial charge in [0, 0.05) is 55.2 Å². The van der Waals surface area contributed by atoms with Crippen molar-refractivity contribution in [2.24, 2.45) is 0 Å². The first-order chi connectivity index (χ1) is 13.2. The van der Waals surface area contributed by atoms with Crippen LogP contribution in [0.25, 0.3) is 0 Å². The number of pyridine rings is 1. The van der Waals surface area contributed by atoms with E-state index in [4.69, 9.17) is 0 Å². The van der Waals surface area contributed by atoms with E-state index in [2.05, 4.69) is 27.5 Å². The summed E-state index contributed by atoms with van der Waals surface area (Å²) in [4.78, 5) is 25.8. The number of imidazole rings is 1. The van der Waals surface area contributed by atoms with Gasteiger partial charge in [-0.1, -0.05) is 6.92 Å². The third kappa shape index (κ3) is 3.95. The Labute approximate surface area is 163 Å². The van der Waals surface area contributed by atoms with E-state index >= 15 is 0 Å². The molecule has 1 saturated heterocycles. The van der Waals surface area contributed by atoms with Crippen molar-refractivity contribution >= 4 is 17.2 Å². The second-order valence-corrected chi connectivity index (χ2v) is 8.15. The molecule has 27 heavy (non-hydrogen) atoms. The molecule has 6 heteroatoms. The molecule has 0 bridgehead atoms. The first-order valence-electron chi connectivity index (χ1n) is 9.52. The predicted octanol–water partition coefficient (Wildman–Crippen LogP) is 3.97. The Morgan fingerprint density at radius 3 is 2.85 bits per heavy atom. The molecule has 0 aliphatic carbocycles. The highest BCUT2D eigenvalue weighted by molar-refractivity contribution is 7.14. The van der Waals surface area contributed by atoms with E-state index in [0.29, 0.717) is 0 Å². The maximum absolute atomic E-state index is 12.9. The van der Waals surface area contributed by atoms with Gasteiger partial charge in [0.1, 0.15) is 5.82 Å². The Kier molecular flexibility index (Phi) is 5.34. The number of aryl methyl sites for hydroxylation is 1. The van der Waals surface area contributed by atoms with Crippen LogP contribution in [-0.4, -0.2) is 38.4 Å². The highest BCUT2D eigenvalue weighted by atomic mass is 32.1. The molecule has 0 N–H and O–H groups in total. The fraction of sp³-hybridized carbons (Fsp3) is 0.381. The lowest BCUT2D eigenvalue weighted by Crippen LogP contribution is -2.39. The summed E-state index contributed by atoms with van der Waals surface area (Å²) in [5.74, 6) is 1.52. The van der Waals surface area contributed by atoms with Crippen LogP contribution in [0.5, 0.6) is 0 Å². The van der Waals surface area contributed by atoms with E-state index in [-0.39, 0.29) is 11.8 Å². The van der Waals surface area contributed by atoms with Crippen LogP contribution in [-0.2, 0) is 13.0 Å². The monoisotopic (exact) mass is 380 g/mol. The van der Waals surface area contributed by atoms with E-state index in [9.17, 15) is 4.79 Å². The van der Waals surface area contributed by atoms with Gasteiger partial charge >= 0.3 is 0 Å². The van der Waals surface area contributed by atoms with Gasteiger partial charge in [-0.15, -0.1) is 11.3 Å². The molecule has 0 radical (unpaired) electrons. The number of aromatic nitrogens is 3. The van der Waals surface area contributed by atoms with Crippen molar-refractivity contribution in [2.45, 2.75) is 38.6 Å². The van der Waals surface area contributed by atoms with Gasteiger partial charge in [-0.2, -0.15) is 0 Å². The van der Waals surface area contributed by atoms with Gasteiger partial charge in [-0.05, 0) is 49.1 Å². The summed E-state index contributed by atoms with van der Waals surface area (Å²) < 4.78 is 2.20. The molecule has 4 rings (SSSR count). The standard InChI is InChI=1S/C21H24N4OS/c1-2-18-5-6-19(27-18)21(26)25-12-3-4-17(15-25)20-23-11-13-24(20)14-16-7-9-22-10-8-16/h5-11,13,17H,2-4,12,14-15H2,1H3/t17-/m0/s1. The molecule has 1 atom stereocenters. The summed E-state index contributed by atoms with van der Waals surface area (Å²) in [5.41, 5.74) is 1.21. The summed E-state index contributed by atoms with van der Waals surface area (Å²) in [6, 6.07) is 8.10. The molecule has 1 aliphatic heterocycles. The summed E-state index contributed by atoms with van der Waals surface area (Å²) >= 11 is 1.62. The average molecular weight is 381 g/mol. The summed E-state index contributed by atoms with van der Waals surface area (Å²) in [6.45, 7) is 4.48. The van der Waals surface area contributed by atoms with Crippen molar-refractivity contribution in [3.05, 3.63) is 70.2 Å². The topological polar surface area (TPSA) is 51.0 Å². The number of thiophene rings is 1. The minimum atomic E-state index is 0.164. The Hall–Kier alpha value is -2.47. The number of carbonyl (C=O) groups is 1. The summed E-state index contributed by atoms with van der Waals surface area (Å²) in [6.07, 6.45) is 10.6. The summed E-state index contributed by atoms with van der Waals surface area (Å²) in [7, 11) is 0. The number of likely N-dealkylation sites (tertiary alicyclic amines) is 1. The zero-order chi connectivity index (χ0) is 18.6. The van der Waals surface area contributed by atoms with Crippen molar-refractivity contribution in [2.75, 3.05) is 13.1 Å². The lowest BCUT2D eigenvalue weighted by Gasteiger charge is -2.32. The first-order valence-corrected chi connectivity index (χ1v) is 10.3. The SMILES string of the molecule is CCc1ccc(C(=O)N2CCC[C@H](c3nccn3Cc3ccncc3)C2)s1. The van der Waals surface area contributed by atoms with Crippen molar-refractivity contribution in [3.63, 3.8) is 0 Å². The molecule has 1 amide bonds. The van der Waals surface area contributed by atoms with Crippen LogP contribution < -0.4 is 0 Å². The number of nitrogens with zero attached hydrogens (tertiary/aromatic N) is 4. The van der Waals surface area contributed by atoms with E-state index in [0.717, 1.165) is 49.6 Å². The van der Waals surface area contributed by atoms with Gasteiger partial charge in [0.15, 0.2) is 0 Å². The smallest absolute Gasteiger partial charge is 0.263 e. The van der Waals surface area contributed by atoms with Crippen LogP contribution in [0.1, 0.15) is 51.6 Å². The van der Waals surface area contributed by atoms with Crippen molar-refractivity contribution < 1.29 is 4.79 Å². The Morgan fingerprint density at radius 2 is 2.07 bits per heavy atom. The average Bonchev–Trinajstić information content (AvgIpc) is 3.38. The molecule has 1 fully saturated rings. The molecule has 0 spiro atoms. The fourth-order valence-corrected chi connectivity index (χ4v) is 4.63. The number of piperidine rings is 1. The minimum absolute atomic E-state index is 0.164. The summed E-state index contributed by atoms with van der Waals surface area (Å²) in [5, 5.41) is 0. The highest BCUT2D eigenvalue weighted by Crippen LogP contribution is 2.28. The molecular weight excluding hydrogens is 356 g/mol. The van der Waals surface area contributed by atoms with E-state index in [1.807, 2.05) is 47.9 Å². The quantitative estimate of drug-likeness (QED) is 0.673. The van der Waals surface area contributed by atoms with E-state index in [1.165, 1.54) is 10.4 Å². The molecule has 3 aromatic rings. The minimum Gasteiger partial charge on any atom is -0.337 e. The van der Waals surface area contributed by atoms with Crippen LogP contribution in [0.4, 0.5) is 0 Å². The third-order valence-electron chi connectivity index (χ3n) is 5.14. The van der Waals surface area contributed by atoms with Crippen LogP contribution in [0.2, 0.25) is 0 Å². The predicted molar refractivity (Wildman–Crippen MR) is 107 cm³/mol. The second kappa shape index (κ2) is 8.05. The number of amides is 1. The van der Waals surface area contributed by atoms with Crippen molar-refractivity contribution in [1.29, 1.82) is 0 Å². The van der Waals surface area contributed by atoms with Gasteiger partial charge in [-0.3, -0.25) is 9.78 Å². The Balaban J connectivity index is 1.49. The van der Waals surface area contributed by atoms with Gasteiger partial charge in [-0.25, -0.2) is 4.98 Å². The van der Waals surface area contributed by atoms with Crippen molar-refractivity contribution in [3.8, 4) is 0 Å². The molecule has 1 aliphatic rings. The van der Waals surface area contributed by atoms with Gasteiger partial charge in [0.2, 0.25) is 0 Å². The Morgan fingerprint density at radius 1 is 1.22 bits per heavy atom. The molecule has 0 saturated carbocycles. The molecule has 0 unspecified atom stereocenters. The lowest BCUT2D eigenvalue weighted by atomic mass is 9.97. The molecule has 140 valence electrons. The van der Waals surface area contributed by atoms with Crippen LogP contribution in [0.15, 0.2) is 49.1 Å². The molecule has 3 aromatic heterocycles. The zero-order valence-corrected chi connectivity index (χ0v) is 16.4. The first kappa shape index (κ1) is 17.9. The maximum Gasteiger partial charge on any atom is 0.263 e. The van der Waals surface area contributed by atoms with Gasteiger partial charge in [0.25, 0.3) is 5.91 Å². The van der Waals surface area contributed by atoms with Gasteiger partial charge < -0.3 is 9.47 Å². The van der Waals surface area contributed by atoms with Gasteiger partial charge in [0.05, 0.1) is 4.88 Å². The number of carbonyl (C=O) groups excluding carboxylic acids is 1. The number of hydrogen-bond donors (Lipinski definition) is 0. The maximum atomic E-state index is 12.9. The van der Waals surface area contributed by atoms with Crippen LogP contribution >= 0.6 is 11.3 Å². The van der Waals surface area contributed by atoms with E-state index < -0.39 is 0 Å². The third-order valence-corrected chi connectivity index (χ3v) is 6.36. The zero-order valence-electron chi connectivity index (χ0n) is 15.5. The lowest BCUT2D eigenvalue weighted by molar-refractivity contribution is 0.0708. The molecule has 4 heterocycles. The molecular formula is C21H24N4OS. The molecule has 5 nitrogen and oxygen atoms in total. The van der Waals surface area contributed by atoms with Crippen LogP contribution in [0, 0.1) is 0 Å². The van der Waals surface area contributed by atoms with Crippen molar-refractivity contribution in [1.82, 2.24) is 19.4 Å². The fourth-order valence-electron chi connectivity index (χ4n) is 3.71. The largest absolute Gasteiger partial charge is 0.337 e. The highest BCUT2D eigenvalue weighted by Gasteiger charge is 2.28. The number of rotatable bonds is 5. The Bertz CT molecular complexity index is 902. The second-order valence-electron chi connectivity index (χ2n) is 6.98. The normalized spacial score (nSPS) is 17.2. The van der Waals surface area contributed by atoms with Crippen LogP contribution in [0.3, 0.4) is 0 Å². The number of hydrogen-bond acceptors (Lipinski definition) is 4.